The van der Waals surface area contributed by atoms with Crippen molar-refractivity contribution in [1.29, 1.82) is 0 Å². The average molecular weight is 1620 g/mol. The number of ether oxygens (including phenoxy) is 14. The van der Waals surface area contributed by atoms with E-state index in [1.807, 2.05) is 164 Å². The zero-order valence-corrected chi connectivity index (χ0v) is 69.1. The first-order valence-electron chi connectivity index (χ1n) is 40.4. The van der Waals surface area contributed by atoms with Crippen molar-refractivity contribution in [3.05, 3.63) is 395 Å². The molecule has 0 aromatic heterocycles. The SMILES string of the molecule is COc1ccc(CCc2ccccc2OCC2=CNC=CN2)cc1.COc1ccc(CCc2ccccc2OCC2=CNC=CO2)cc1.COc1ccc(CCc2ccccc2OCC2=CNCCO2)cc1.COc1ccc(CCc2ccccc2OCC2=COC=CN2)cc1.COc1ccc(CCc2ccccc2OCC2=COCCN2)cc1. The highest BCUT2D eigenvalue weighted by atomic mass is 16.5. The highest BCUT2D eigenvalue weighted by molar-refractivity contribution is 5.41. The number of para-hydroxylation sites is 5. The largest absolute Gasteiger partial charge is 0.497 e. The first kappa shape index (κ1) is 87.0. The van der Waals surface area contributed by atoms with Gasteiger partial charge in [-0.15, -0.1) is 0 Å². The lowest BCUT2D eigenvalue weighted by Gasteiger charge is -2.18. The molecule has 0 spiro atoms. The standard InChI is InChI=1S/C20H22N2O2.C20H23NO3.C20H21NO3.C20H23NO3.C20H21NO3/c1-23-19-10-7-16(8-11-19)6-9-17-4-2-3-5-20(17)24-15-18-14-21-12-13-22-18;2*1-22-19-10-7-16(8-11-19)6-9-17-4-2-3-5-20(17)24-15-18-14-23-13-12-21-18;2*1-22-18-10-7-16(8-11-18)6-9-17-4-2-3-5-20(17)24-15-19-14-21-12-13-23-19/h2-5,7-8,10-14,21-22H,6,9,15H2,1H3;2-5,7-8,10-11,14,21H,6,9,12-13,15H2,1H3;2-5,7-8,10-14,21H,6,9,15H2,1H3;2-5,7-8,10-11,14,21H,6,9,12-13,15H2,1H3;2-5,7-8,10-14,21H,6,9,15H2,1H3. The van der Waals surface area contributed by atoms with Crippen LogP contribution in [0.25, 0.3) is 0 Å². The molecule has 120 heavy (non-hydrogen) atoms. The van der Waals surface area contributed by atoms with Gasteiger partial charge in [-0.1, -0.05) is 152 Å². The fourth-order valence-corrected chi connectivity index (χ4v) is 12.8. The maximum absolute atomic E-state index is 5.98. The van der Waals surface area contributed by atoms with E-state index < -0.39 is 0 Å². The summed E-state index contributed by atoms with van der Waals surface area (Å²) in [5.41, 5.74) is 15.3. The van der Waals surface area contributed by atoms with E-state index >= 15 is 0 Å². The molecule has 0 saturated carbocycles. The summed E-state index contributed by atoms with van der Waals surface area (Å²) in [6.45, 7) is 5.39. The number of hydrogen-bond acceptors (Lipinski definition) is 20. The number of nitrogens with one attached hydrogen (secondary N) is 6. The van der Waals surface area contributed by atoms with E-state index in [1.54, 1.807) is 79.2 Å². The third kappa shape index (κ3) is 30.3. The van der Waals surface area contributed by atoms with Crippen LogP contribution in [-0.2, 0) is 83.2 Å². The molecule has 0 unspecified atom stereocenters. The Morgan fingerprint density at radius 3 is 0.975 bits per heavy atom. The van der Waals surface area contributed by atoms with E-state index in [9.17, 15) is 0 Å². The Hall–Kier alpha value is -13.9. The van der Waals surface area contributed by atoms with Gasteiger partial charge in [-0.2, -0.15) is 0 Å². The van der Waals surface area contributed by atoms with Crippen molar-refractivity contribution in [3.63, 3.8) is 0 Å². The molecule has 0 amide bonds. The monoisotopic (exact) mass is 1620 g/mol. The van der Waals surface area contributed by atoms with Gasteiger partial charge in [-0.3, -0.25) is 0 Å². The topological polar surface area (TPSA) is 201 Å². The maximum atomic E-state index is 5.98. The van der Waals surface area contributed by atoms with Gasteiger partial charge in [-0.25, -0.2) is 0 Å². The second kappa shape index (κ2) is 49.9. The summed E-state index contributed by atoms with van der Waals surface area (Å²) < 4.78 is 77.1. The van der Waals surface area contributed by atoms with Gasteiger partial charge in [0, 0.05) is 56.5 Å². The van der Waals surface area contributed by atoms with Gasteiger partial charge in [0.05, 0.1) is 52.6 Å². The van der Waals surface area contributed by atoms with Crippen LogP contribution in [-0.4, -0.2) is 94.9 Å². The molecule has 20 nitrogen and oxygen atoms in total. The lowest BCUT2D eigenvalue weighted by molar-refractivity contribution is 0.157. The number of rotatable bonds is 35. The summed E-state index contributed by atoms with van der Waals surface area (Å²) >= 11 is 0. The van der Waals surface area contributed by atoms with Crippen molar-refractivity contribution in [2.24, 2.45) is 0 Å². The Kier molecular flexibility index (Phi) is 36.2. The molecule has 15 rings (SSSR count). The minimum atomic E-state index is 0.400. The molecule has 0 saturated heterocycles. The van der Waals surface area contributed by atoms with Gasteiger partial charge in [0.2, 0.25) is 0 Å². The van der Waals surface area contributed by atoms with Gasteiger partial charge in [0.25, 0.3) is 0 Å². The van der Waals surface area contributed by atoms with E-state index in [2.05, 4.69) is 135 Å². The molecule has 20 heteroatoms. The summed E-state index contributed by atoms with van der Waals surface area (Å²) in [5.74, 6) is 10.6. The van der Waals surface area contributed by atoms with Gasteiger partial charge in [0.15, 0.2) is 5.76 Å². The second-order valence-electron chi connectivity index (χ2n) is 27.8. The first-order valence-corrected chi connectivity index (χ1v) is 40.4. The molecular formula is C100H110N6O14. The molecule has 10 aromatic carbocycles. The van der Waals surface area contributed by atoms with Crippen LogP contribution in [0.15, 0.2) is 340 Å². The predicted octanol–water partition coefficient (Wildman–Crippen LogP) is 17.6. The van der Waals surface area contributed by atoms with E-state index in [0.717, 1.165) is 163 Å². The minimum absolute atomic E-state index is 0.400. The van der Waals surface area contributed by atoms with Crippen molar-refractivity contribution in [2.75, 3.05) is 94.9 Å². The van der Waals surface area contributed by atoms with Crippen LogP contribution >= 0.6 is 0 Å². The van der Waals surface area contributed by atoms with Crippen molar-refractivity contribution in [3.8, 4) is 57.5 Å². The van der Waals surface area contributed by atoms with Crippen molar-refractivity contribution in [2.45, 2.75) is 64.2 Å². The van der Waals surface area contributed by atoms with E-state index in [4.69, 9.17) is 66.3 Å². The zero-order valence-electron chi connectivity index (χ0n) is 69.1. The molecule has 0 aliphatic carbocycles. The van der Waals surface area contributed by atoms with Crippen LogP contribution in [0.4, 0.5) is 0 Å². The number of methoxy groups -OCH3 is 5. The molecule has 5 aliphatic heterocycles. The Morgan fingerprint density at radius 1 is 0.292 bits per heavy atom. The Bertz CT molecular complexity index is 4290. The maximum Gasteiger partial charge on any atom is 0.157 e. The first-order chi connectivity index (χ1) is 59.2. The molecule has 624 valence electrons. The Balaban J connectivity index is 0.000000147. The lowest BCUT2D eigenvalue weighted by atomic mass is 10.0. The molecular weight excluding hydrogens is 1510 g/mol. The Morgan fingerprint density at radius 2 is 0.650 bits per heavy atom. The molecule has 0 radical (unpaired) electrons. The molecule has 0 atom stereocenters. The van der Waals surface area contributed by atoms with Crippen LogP contribution in [0.2, 0.25) is 0 Å². The summed E-state index contributed by atoms with van der Waals surface area (Å²) in [5, 5.41) is 18.7. The molecule has 0 bridgehead atoms. The van der Waals surface area contributed by atoms with Crippen LogP contribution in [0.1, 0.15) is 55.6 Å². The fourth-order valence-electron chi connectivity index (χ4n) is 12.8. The van der Waals surface area contributed by atoms with E-state index in [0.29, 0.717) is 46.2 Å². The molecule has 6 N–H and O–H groups in total. The van der Waals surface area contributed by atoms with Crippen LogP contribution in [0.5, 0.6) is 57.5 Å². The quantitative estimate of drug-likeness (QED) is 0.0219. The van der Waals surface area contributed by atoms with Crippen molar-refractivity contribution < 1.29 is 66.3 Å². The molecule has 0 fully saturated rings. The number of hydrogen-bond donors (Lipinski definition) is 6. The summed E-state index contributed by atoms with van der Waals surface area (Å²) in [6.07, 6.45) is 28.8. The fraction of sp³-hybridized carbons (Fsp3) is 0.240. The van der Waals surface area contributed by atoms with Crippen molar-refractivity contribution in [1.82, 2.24) is 31.9 Å². The van der Waals surface area contributed by atoms with Gasteiger partial charge in [-0.05, 0) is 211 Å². The average Bonchev–Trinajstić information content (AvgIpc) is 0.881. The van der Waals surface area contributed by atoms with Crippen LogP contribution in [0, 0.1) is 0 Å². The summed E-state index contributed by atoms with van der Waals surface area (Å²) in [7, 11) is 8.41. The van der Waals surface area contributed by atoms with Crippen LogP contribution < -0.4 is 79.3 Å². The number of aryl methyl sites for hydroxylation is 10. The van der Waals surface area contributed by atoms with Gasteiger partial charge in [0.1, 0.15) is 135 Å². The number of benzene rings is 10. The Labute approximate surface area is 706 Å². The lowest BCUT2D eigenvalue weighted by Crippen LogP contribution is -2.26. The molecule has 5 aliphatic rings. The molecule has 5 heterocycles. The summed E-state index contributed by atoms with van der Waals surface area (Å²) in [6, 6.07) is 81.9. The van der Waals surface area contributed by atoms with E-state index in [1.165, 1.54) is 55.6 Å². The third-order valence-electron chi connectivity index (χ3n) is 19.5. The smallest absolute Gasteiger partial charge is 0.157 e. The highest BCUT2D eigenvalue weighted by Crippen LogP contribution is 2.29. The van der Waals surface area contributed by atoms with Crippen LogP contribution in [0.3, 0.4) is 0 Å². The predicted molar refractivity (Wildman–Crippen MR) is 472 cm³/mol. The van der Waals surface area contributed by atoms with Gasteiger partial charge >= 0.3 is 0 Å². The van der Waals surface area contributed by atoms with Gasteiger partial charge < -0.3 is 98.2 Å². The zero-order chi connectivity index (χ0) is 83.1. The normalized spacial score (nSPS) is 13.1. The molecule has 10 aromatic rings. The van der Waals surface area contributed by atoms with E-state index in [-0.39, 0.29) is 0 Å². The van der Waals surface area contributed by atoms with Crippen molar-refractivity contribution >= 4 is 0 Å². The summed E-state index contributed by atoms with van der Waals surface area (Å²) in [4.78, 5) is 0. The highest BCUT2D eigenvalue weighted by Gasteiger charge is 2.15. The third-order valence-corrected chi connectivity index (χ3v) is 19.5. The minimum Gasteiger partial charge on any atom is -0.497 e. The second-order valence-corrected chi connectivity index (χ2v) is 27.8.